The van der Waals surface area contributed by atoms with E-state index in [1.54, 1.807) is 0 Å². The lowest BCUT2D eigenvalue weighted by molar-refractivity contribution is -0.123. The molecule has 0 fully saturated rings. The zero-order chi connectivity index (χ0) is 20.5. The van der Waals surface area contributed by atoms with Crippen LogP contribution in [-0.4, -0.2) is 18.7 Å². The standard InChI is InChI=1S/C22H18ClFN2O3/c23-18-5-1-17(2-6-18)14-28-20-9-3-16(4-10-20)13-25-26-22(27)15-29-21-11-7-19(24)8-12-21/h1-13H,14-15H2,(H,26,27)/b25-13+. The van der Waals surface area contributed by atoms with E-state index < -0.39 is 5.91 Å². The van der Waals surface area contributed by atoms with E-state index in [1.165, 1.54) is 30.5 Å². The van der Waals surface area contributed by atoms with Crippen LogP contribution in [0, 0.1) is 5.82 Å². The van der Waals surface area contributed by atoms with Crippen LogP contribution < -0.4 is 14.9 Å². The SMILES string of the molecule is O=C(COc1ccc(F)cc1)N/N=C/c1ccc(OCc2ccc(Cl)cc2)cc1. The van der Waals surface area contributed by atoms with Crippen LogP contribution in [0.25, 0.3) is 0 Å². The fourth-order valence-corrected chi connectivity index (χ4v) is 2.41. The molecule has 0 aliphatic rings. The number of amides is 1. The van der Waals surface area contributed by atoms with E-state index in [2.05, 4.69) is 10.5 Å². The number of carbonyl (C=O) groups is 1. The fraction of sp³-hybridized carbons (Fsp3) is 0.0909. The molecule has 3 aromatic rings. The molecule has 3 aromatic carbocycles. The molecule has 0 unspecified atom stereocenters. The summed E-state index contributed by atoms with van der Waals surface area (Å²) in [5, 5.41) is 4.57. The molecule has 29 heavy (non-hydrogen) atoms. The first-order valence-electron chi connectivity index (χ1n) is 8.76. The van der Waals surface area contributed by atoms with Gasteiger partial charge in [-0.05, 0) is 71.8 Å². The second kappa shape index (κ2) is 10.2. The number of benzene rings is 3. The van der Waals surface area contributed by atoms with Crippen LogP contribution in [0.15, 0.2) is 77.9 Å². The van der Waals surface area contributed by atoms with E-state index in [0.717, 1.165) is 11.1 Å². The molecule has 5 nitrogen and oxygen atoms in total. The van der Waals surface area contributed by atoms with E-state index >= 15 is 0 Å². The Morgan fingerprint density at radius 2 is 1.55 bits per heavy atom. The summed E-state index contributed by atoms with van der Waals surface area (Å²) in [7, 11) is 0. The summed E-state index contributed by atoms with van der Waals surface area (Å²) in [6.45, 7) is 0.217. The molecule has 1 amide bonds. The van der Waals surface area contributed by atoms with Crippen LogP contribution in [-0.2, 0) is 11.4 Å². The maximum absolute atomic E-state index is 12.8. The summed E-state index contributed by atoms with van der Waals surface area (Å²) >= 11 is 5.86. The van der Waals surface area contributed by atoms with Gasteiger partial charge in [-0.3, -0.25) is 4.79 Å². The van der Waals surface area contributed by atoms with E-state index in [9.17, 15) is 9.18 Å². The lowest BCUT2D eigenvalue weighted by atomic mass is 10.2. The zero-order valence-electron chi connectivity index (χ0n) is 15.3. The first-order chi connectivity index (χ1) is 14.1. The van der Waals surface area contributed by atoms with Gasteiger partial charge in [-0.25, -0.2) is 9.82 Å². The van der Waals surface area contributed by atoms with Crippen LogP contribution >= 0.6 is 11.6 Å². The highest BCUT2D eigenvalue weighted by Crippen LogP contribution is 2.15. The summed E-state index contributed by atoms with van der Waals surface area (Å²) in [4.78, 5) is 11.7. The Kier molecular flexibility index (Phi) is 7.19. The van der Waals surface area contributed by atoms with E-state index in [1.807, 2.05) is 48.5 Å². The normalized spacial score (nSPS) is 10.7. The summed E-state index contributed by atoms with van der Waals surface area (Å²) in [6, 6.07) is 20.1. The highest BCUT2D eigenvalue weighted by Gasteiger charge is 2.02. The van der Waals surface area contributed by atoms with Gasteiger partial charge in [0.05, 0.1) is 6.21 Å². The molecular formula is C22H18ClFN2O3. The van der Waals surface area contributed by atoms with Crippen molar-refractivity contribution in [1.82, 2.24) is 5.43 Å². The average Bonchev–Trinajstić information content (AvgIpc) is 2.74. The first kappa shape index (κ1) is 20.4. The minimum atomic E-state index is -0.423. The van der Waals surface area contributed by atoms with Gasteiger partial charge in [0.2, 0.25) is 0 Å². The number of halogens is 2. The highest BCUT2D eigenvalue weighted by atomic mass is 35.5. The van der Waals surface area contributed by atoms with Crippen molar-refractivity contribution in [2.24, 2.45) is 5.10 Å². The molecule has 0 aliphatic heterocycles. The molecule has 7 heteroatoms. The number of carbonyl (C=O) groups excluding carboxylic acids is 1. The first-order valence-corrected chi connectivity index (χ1v) is 9.14. The van der Waals surface area contributed by atoms with Crippen molar-refractivity contribution in [1.29, 1.82) is 0 Å². The van der Waals surface area contributed by atoms with Crippen LogP contribution in [0.2, 0.25) is 5.02 Å². The van der Waals surface area contributed by atoms with Gasteiger partial charge in [0.1, 0.15) is 23.9 Å². The molecule has 1 N–H and O–H groups in total. The van der Waals surface area contributed by atoms with Crippen molar-refractivity contribution in [3.8, 4) is 11.5 Å². The van der Waals surface area contributed by atoms with Gasteiger partial charge in [-0.2, -0.15) is 5.10 Å². The molecule has 0 heterocycles. The maximum Gasteiger partial charge on any atom is 0.277 e. The molecule has 0 saturated heterocycles. The monoisotopic (exact) mass is 412 g/mol. The number of nitrogens with one attached hydrogen (secondary N) is 1. The number of nitrogens with zero attached hydrogens (tertiary/aromatic N) is 1. The van der Waals surface area contributed by atoms with Gasteiger partial charge in [0.25, 0.3) is 5.91 Å². The quantitative estimate of drug-likeness (QED) is 0.435. The number of ether oxygens (including phenoxy) is 2. The minimum Gasteiger partial charge on any atom is -0.489 e. The van der Waals surface area contributed by atoms with E-state index in [-0.39, 0.29) is 12.4 Å². The Balaban J connectivity index is 1.41. The zero-order valence-corrected chi connectivity index (χ0v) is 16.1. The molecular weight excluding hydrogens is 395 g/mol. The van der Waals surface area contributed by atoms with Crippen molar-refractivity contribution in [2.45, 2.75) is 6.61 Å². The molecule has 0 aromatic heterocycles. The van der Waals surface area contributed by atoms with E-state index in [0.29, 0.717) is 23.1 Å². The third-order valence-electron chi connectivity index (χ3n) is 3.79. The lowest BCUT2D eigenvalue weighted by Crippen LogP contribution is -2.24. The molecule has 0 saturated carbocycles. The Bertz CT molecular complexity index is 959. The van der Waals surface area contributed by atoms with Gasteiger partial charge >= 0.3 is 0 Å². The Labute approximate surface area is 172 Å². The molecule has 148 valence electrons. The predicted octanol–water partition coefficient (Wildman–Crippen LogP) is 4.59. The third-order valence-corrected chi connectivity index (χ3v) is 4.04. The smallest absolute Gasteiger partial charge is 0.277 e. The molecule has 0 radical (unpaired) electrons. The van der Waals surface area contributed by atoms with Crippen LogP contribution in [0.4, 0.5) is 4.39 Å². The lowest BCUT2D eigenvalue weighted by Gasteiger charge is -2.06. The van der Waals surface area contributed by atoms with Gasteiger partial charge in [0, 0.05) is 5.02 Å². The third kappa shape index (κ3) is 6.93. The molecule has 0 spiro atoms. The van der Waals surface area contributed by atoms with Crippen molar-refractivity contribution in [3.63, 3.8) is 0 Å². The van der Waals surface area contributed by atoms with Gasteiger partial charge in [-0.15, -0.1) is 0 Å². The van der Waals surface area contributed by atoms with Crippen molar-refractivity contribution in [3.05, 3.63) is 94.8 Å². The van der Waals surface area contributed by atoms with E-state index in [4.69, 9.17) is 21.1 Å². The molecule has 0 bridgehead atoms. The topological polar surface area (TPSA) is 59.9 Å². The summed E-state index contributed by atoms with van der Waals surface area (Å²) in [6.07, 6.45) is 1.51. The van der Waals surface area contributed by atoms with Crippen molar-refractivity contribution >= 4 is 23.7 Å². The summed E-state index contributed by atoms with van der Waals surface area (Å²) in [5.74, 6) is 0.329. The minimum absolute atomic E-state index is 0.222. The molecule has 0 atom stereocenters. The Hall–Kier alpha value is -3.38. The average molecular weight is 413 g/mol. The highest BCUT2D eigenvalue weighted by molar-refractivity contribution is 6.30. The number of hydrogen-bond acceptors (Lipinski definition) is 4. The number of rotatable bonds is 8. The van der Waals surface area contributed by atoms with Crippen molar-refractivity contribution in [2.75, 3.05) is 6.61 Å². The summed E-state index contributed by atoms with van der Waals surface area (Å²) < 4.78 is 23.8. The second-order valence-corrected chi connectivity index (χ2v) is 6.46. The number of hydrogen-bond donors (Lipinski definition) is 1. The molecule has 3 rings (SSSR count). The van der Waals surface area contributed by atoms with Crippen molar-refractivity contribution < 1.29 is 18.7 Å². The summed E-state index contributed by atoms with van der Waals surface area (Å²) in [5.41, 5.74) is 4.18. The second-order valence-electron chi connectivity index (χ2n) is 6.02. The molecule has 0 aliphatic carbocycles. The Morgan fingerprint density at radius 1 is 0.931 bits per heavy atom. The fourth-order valence-electron chi connectivity index (χ4n) is 2.29. The largest absolute Gasteiger partial charge is 0.489 e. The van der Waals surface area contributed by atoms with Gasteiger partial charge in [-0.1, -0.05) is 23.7 Å². The van der Waals surface area contributed by atoms with Gasteiger partial charge < -0.3 is 9.47 Å². The number of hydrazone groups is 1. The Morgan fingerprint density at radius 3 is 2.24 bits per heavy atom. The maximum atomic E-state index is 12.8. The van der Waals surface area contributed by atoms with Crippen LogP contribution in [0.5, 0.6) is 11.5 Å². The predicted molar refractivity (Wildman–Crippen MR) is 110 cm³/mol. The van der Waals surface area contributed by atoms with Gasteiger partial charge in [0.15, 0.2) is 6.61 Å². The van der Waals surface area contributed by atoms with Crippen LogP contribution in [0.1, 0.15) is 11.1 Å². The van der Waals surface area contributed by atoms with Crippen LogP contribution in [0.3, 0.4) is 0 Å².